The molecule has 4 heteroatoms. The van der Waals surface area contributed by atoms with E-state index in [1.807, 2.05) is 6.08 Å². The lowest BCUT2D eigenvalue weighted by Crippen LogP contribution is -2.37. The lowest BCUT2D eigenvalue weighted by molar-refractivity contribution is -0.274. The Balaban J connectivity index is 2.62. The third-order valence-electron chi connectivity index (χ3n) is 5.00. The fourth-order valence-corrected chi connectivity index (χ4v) is 3.41. The van der Waals surface area contributed by atoms with Gasteiger partial charge in [0.1, 0.15) is 0 Å². The van der Waals surface area contributed by atoms with Crippen LogP contribution in [0.4, 0.5) is 0 Å². The Hall–Kier alpha value is -1.98. The van der Waals surface area contributed by atoms with Gasteiger partial charge in [0.15, 0.2) is 0 Å². The Morgan fingerprint density at radius 2 is 1.30 bits per heavy atom. The van der Waals surface area contributed by atoms with Crippen molar-refractivity contribution in [2.45, 2.75) is 31.8 Å². The van der Waals surface area contributed by atoms with Gasteiger partial charge in [0.25, 0.3) is 0 Å². The summed E-state index contributed by atoms with van der Waals surface area (Å²) in [6.07, 6.45) is 15.3. The van der Waals surface area contributed by atoms with Gasteiger partial charge in [0.2, 0.25) is 12.6 Å². The maximum absolute atomic E-state index is 5.91. The van der Waals surface area contributed by atoms with Crippen LogP contribution in [0.25, 0.3) is 0 Å². The van der Waals surface area contributed by atoms with E-state index in [1.165, 1.54) is 0 Å². The minimum atomic E-state index is -0.721. The van der Waals surface area contributed by atoms with Gasteiger partial charge in [-0.05, 0) is 42.6 Å². The quantitative estimate of drug-likeness (QED) is 0.172. The van der Waals surface area contributed by atoms with Gasteiger partial charge in [-0.25, -0.2) is 0 Å². The highest BCUT2D eigenvalue weighted by Gasteiger charge is 2.26. The Labute approximate surface area is 182 Å². The molecule has 0 aromatic rings. The summed E-state index contributed by atoms with van der Waals surface area (Å²) >= 11 is 0. The standard InChI is InChI=1S/C26H38O4/c1-7-16-27-25(28-17-8-2)26(29-18-9-3)30-20-21(6)12-13-22-14-15-23(10-4)24(11-5)19-22/h7-13,22-26H,1-6,14-20H2/b13-12+. The normalized spacial score (nSPS) is 22.5. The fourth-order valence-electron chi connectivity index (χ4n) is 3.41. The average Bonchev–Trinajstić information content (AvgIpc) is 2.78. The lowest BCUT2D eigenvalue weighted by Gasteiger charge is -2.31. The highest BCUT2D eigenvalue weighted by Crippen LogP contribution is 2.36. The molecule has 0 saturated heterocycles. The summed E-state index contributed by atoms with van der Waals surface area (Å²) in [5.41, 5.74) is 0.856. The van der Waals surface area contributed by atoms with Crippen molar-refractivity contribution in [2.24, 2.45) is 17.8 Å². The highest BCUT2D eigenvalue weighted by atomic mass is 16.8. The zero-order valence-corrected chi connectivity index (χ0v) is 18.3. The van der Waals surface area contributed by atoms with Crippen molar-refractivity contribution >= 4 is 0 Å². The molecule has 0 aliphatic heterocycles. The highest BCUT2D eigenvalue weighted by molar-refractivity contribution is 5.16. The maximum atomic E-state index is 5.91. The molecule has 1 fully saturated rings. The van der Waals surface area contributed by atoms with E-state index >= 15 is 0 Å². The van der Waals surface area contributed by atoms with Crippen LogP contribution in [-0.4, -0.2) is 39.0 Å². The van der Waals surface area contributed by atoms with Gasteiger partial charge in [0.05, 0.1) is 26.4 Å². The summed E-state index contributed by atoms with van der Waals surface area (Å²) in [7, 11) is 0. The zero-order chi connectivity index (χ0) is 22.2. The van der Waals surface area contributed by atoms with E-state index in [1.54, 1.807) is 18.2 Å². The van der Waals surface area contributed by atoms with Crippen LogP contribution in [-0.2, 0) is 18.9 Å². The van der Waals surface area contributed by atoms with E-state index in [4.69, 9.17) is 18.9 Å². The number of hydrogen-bond acceptors (Lipinski definition) is 4. The molecule has 0 N–H and O–H groups in total. The molecule has 4 unspecified atom stereocenters. The minimum absolute atomic E-state index is 0.302. The Morgan fingerprint density at radius 1 is 0.767 bits per heavy atom. The Bertz CT molecular complexity index is 580. The zero-order valence-electron chi connectivity index (χ0n) is 18.3. The van der Waals surface area contributed by atoms with Gasteiger partial charge in [-0.2, -0.15) is 0 Å². The third-order valence-corrected chi connectivity index (χ3v) is 5.00. The van der Waals surface area contributed by atoms with E-state index in [2.05, 4.69) is 57.7 Å². The van der Waals surface area contributed by atoms with Crippen molar-refractivity contribution < 1.29 is 18.9 Å². The molecule has 1 rings (SSSR count). The second-order valence-corrected chi connectivity index (χ2v) is 7.30. The number of rotatable bonds is 17. The molecule has 1 aliphatic carbocycles. The maximum Gasteiger partial charge on any atom is 0.210 e. The van der Waals surface area contributed by atoms with Gasteiger partial charge >= 0.3 is 0 Å². The molecule has 0 spiro atoms. The number of hydrogen-bond donors (Lipinski definition) is 0. The van der Waals surface area contributed by atoms with Crippen LogP contribution in [0, 0.1) is 17.8 Å². The first-order valence-electron chi connectivity index (χ1n) is 10.5. The van der Waals surface area contributed by atoms with Crippen LogP contribution >= 0.6 is 0 Å². The summed E-state index contributed by atoms with van der Waals surface area (Å²) in [5, 5.41) is 0. The van der Waals surface area contributed by atoms with Crippen LogP contribution < -0.4 is 0 Å². The molecule has 1 aliphatic rings. The van der Waals surface area contributed by atoms with Gasteiger partial charge < -0.3 is 18.9 Å². The first kappa shape index (κ1) is 26.1. The lowest BCUT2D eigenvalue weighted by atomic mass is 9.74. The molecule has 0 heterocycles. The van der Waals surface area contributed by atoms with Crippen LogP contribution in [0.15, 0.2) is 87.6 Å². The smallest absolute Gasteiger partial charge is 0.210 e. The van der Waals surface area contributed by atoms with Crippen molar-refractivity contribution in [3.8, 4) is 0 Å². The minimum Gasteiger partial charge on any atom is -0.344 e. The largest absolute Gasteiger partial charge is 0.344 e. The van der Waals surface area contributed by atoms with Crippen LogP contribution in [0.5, 0.6) is 0 Å². The first-order chi connectivity index (χ1) is 14.6. The summed E-state index contributed by atoms with van der Waals surface area (Å²) in [6, 6.07) is 0. The van der Waals surface area contributed by atoms with E-state index in [0.717, 1.165) is 24.8 Å². The van der Waals surface area contributed by atoms with Crippen molar-refractivity contribution in [3.05, 3.63) is 87.6 Å². The molecule has 4 atom stereocenters. The topological polar surface area (TPSA) is 36.9 Å². The molecular weight excluding hydrogens is 376 g/mol. The Kier molecular flexibility index (Phi) is 13.7. The molecule has 0 bridgehead atoms. The number of ether oxygens (including phenoxy) is 4. The van der Waals surface area contributed by atoms with E-state index in [0.29, 0.717) is 44.2 Å². The molecular formula is C26H38O4. The van der Waals surface area contributed by atoms with E-state index in [-0.39, 0.29) is 0 Å². The third kappa shape index (κ3) is 9.68. The summed E-state index contributed by atoms with van der Waals surface area (Å²) < 4.78 is 22.9. The van der Waals surface area contributed by atoms with Crippen LogP contribution in [0.2, 0.25) is 0 Å². The monoisotopic (exact) mass is 414 g/mol. The van der Waals surface area contributed by atoms with Gasteiger partial charge in [0, 0.05) is 0 Å². The molecule has 0 radical (unpaired) electrons. The summed E-state index contributed by atoms with van der Waals surface area (Å²) in [5.74, 6) is 1.52. The predicted octanol–water partition coefficient (Wildman–Crippen LogP) is 5.78. The molecule has 166 valence electrons. The molecule has 0 amide bonds. The van der Waals surface area contributed by atoms with Crippen molar-refractivity contribution in [1.82, 2.24) is 0 Å². The Morgan fingerprint density at radius 3 is 1.80 bits per heavy atom. The molecule has 4 nitrogen and oxygen atoms in total. The fraction of sp³-hybridized carbons (Fsp3) is 0.462. The molecule has 0 aromatic heterocycles. The van der Waals surface area contributed by atoms with E-state index < -0.39 is 12.6 Å². The van der Waals surface area contributed by atoms with Crippen molar-refractivity contribution in [2.75, 3.05) is 26.4 Å². The second kappa shape index (κ2) is 15.8. The SMILES string of the molecule is C=CCOC(OCC=C)C(OCC=C)OCC(=C)/C=C/C1CCC(C=C)C(C=C)C1. The van der Waals surface area contributed by atoms with Crippen LogP contribution in [0.3, 0.4) is 0 Å². The van der Waals surface area contributed by atoms with Gasteiger partial charge in [-0.3, -0.25) is 0 Å². The van der Waals surface area contributed by atoms with Crippen molar-refractivity contribution in [3.63, 3.8) is 0 Å². The molecule has 0 aromatic carbocycles. The van der Waals surface area contributed by atoms with Gasteiger partial charge in [-0.15, -0.1) is 32.9 Å². The van der Waals surface area contributed by atoms with E-state index in [9.17, 15) is 0 Å². The first-order valence-corrected chi connectivity index (χ1v) is 10.5. The predicted molar refractivity (Wildman–Crippen MR) is 125 cm³/mol. The van der Waals surface area contributed by atoms with Gasteiger partial charge in [-0.1, -0.05) is 49.1 Å². The average molecular weight is 415 g/mol. The summed E-state index contributed by atoms with van der Waals surface area (Å²) in [6.45, 7) is 24.3. The summed E-state index contributed by atoms with van der Waals surface area (Å²) in [4.78, 5) is 0. The second-order valence-electron chi connectivity index (χ2n) is 7.30. The van der Waals surface area contributed by atoms with Crippen molar-refractivity contribution in [1.29, 1.82) is 0 Å². The van der Waals surface area contributed by atoms with Crippen LogP contribution in [0.1, 0.15) is 19.3 Å². The molecule has 1 saturated carbocycles. The number of allylic oxidation sites excluding steroid dienone is 3. The molecule has 30 heavy (non-hydrogen) atoms.